The maximum atomic E-state index is 13.1. The Morgan fingerprint density at radius 3 is 2.86 bits per heavy atom. The van der Waals surface area contributed by atoms with Gasteiger partial charge in [-0.2, -0.15) is 5.10 Å². The van der Waals surface area contributed by atoms with Crippen molar-refractivity contribution in [3.8, 4) is 11.1 Å². The highest BCUT2D eigenvalue weighted by atomic mass is 19.1. The molecule has 0 unspecified atom stereocenters. The second-order valence-electron chi connectivity index (χ2n) is 7.34. The molecule has 2 atom stereocenters. The number of pyridine rings is 1. The van der Waals surface area contributed by atoms with Gasteiger partial charge in [0, 0.05) is 25.7 Å². The Labute approximate surface area is 160 Å². The van der Waals surface area contributed by atoms with E-state index in [0.717, 1.165) is 27.7 Å². The average Bonchev–Trinajstić information content (AvgIpc) is 3.06. The van der Waals surface area contributed by atoms with E-state index in [4.69, 9.17) is 0 Å². The van der Waals surface area contributed by atoms with E-state index in [1.807, 2.05) is 47.9 Å². The van der Waals surface area contributed by atoms with Crippen LogP contribution in [0, 0.1) is 5.92 Å². The number of carbonyl (C=O) groups excluding carboxylic acids is 1. The highest BCUT2D eigenvalue weighted by molar-refractivity contribution is 6.01. The minimum atomic E-state index is -1.02. The molecule has 5 rings (SSSR count). The van der Waals surface area contributed by atoms with E-state index in [2.05, 4.69) is 32.6 Å². The van der Waals surface area contributed by atoms with Crippen molar-refractivity contribution < 1.29 is 9.18 Å². The van der Waals surface area contributed by atoms with Crippen molar-refractivity contribution in [3.63, 3.8) is 0 Å². The Morgan fingerprint density at radius 2 is 2.11 bits per heavy atom. The maximum absolute atomic E-state index is 13.1. The van der Waals surface area contributed by atoms with Crippen LogP contribution in [0.3, 0.4) is 0 Å². The van der Waals surface area contributed by atoms with Crippen LogP contribution in [0.1, 0.15) is 6.42 Å². The summed E-state index contributed by atoms with van der Waals surface area (Å²) in [6.07, 6.45) is 4.81. The number of alkyl halides is 1. The summed E-state index contributed by atoms with van der Waals surface area (Å²) in [6, 6.07) is 8.01. The number of imidazole rings is 1. The Morgan fingerprint density at radius 1 is 1.29 bits per heavy atom. The molecule has 1 aliphatic rings. The molecule has 1 saturated carbocycles. The van der Waals surface area contributed by atoms with Gasteiger partial charge in [-0.3, -0.25) is 9.89 Å². The molecule has 0 bridgehead atoms. The van der Waals surface area contributed by atoms with Gasteiger partial charge >= 0.3 is 0 Å². The molecule has 2 N–H and O–H groups in total. The molecule has 0 saturated heterocycles. The lowest BCUT2D eigenvalue weighted by atomic mass is 10.0. The number of halogens is 1. The van der Waals surface area contributed by atoms with Crippen LogP contribution in [0.25, 0.3) is 27.7 Å². The maximum Gasteiger partial charge on any atom is 0.231 e. The van der Waals surface area contributed by atoms with Crippen LogP contribution in [-0.2, 0) is 4.79 Å². The van der Waals surface area contributed by atoms with E-state index in [9.17, 15) is 9.18 Å². The number of aromatic nitrogens is 4. The van der Waals surface area contributed by atoms with E-state index >= 15 is 0 Å². The molecular formula is C20H19FN6O. The van der Waals surface area contributed by atoms with Crippen LogP contribution in [0.4, 0.5) is 15.9 Å². The Balaban J connectivity index is 1.52. The third kappa shape index (κ3) is 2.69. The fourth-order valence-electron chi connectivity index (χ4n) is 3.51. The zero-order chi connectivity index (χ0) is 19.4. The summed E-state index contributed by atoms with van der Waals surface area (Å²) in [5.41, 5.74) is 4.81. The third-order valence-electron chi connectivity index (χ3n) is 5.14. The minimum Gasteiger partial charge on any atom is -0.376 e. The first-order valence-corrected chi connectivity index (χ1v) is 9.09. The number of aromatic amines is 1. The molecule has 1 amide bonds. The predicted octanol–water partition coefficient (Wildman–Crippen LogP) is 3.24. The van der Waals surface area contributed by atoms with E-state index in [1.165, 1.54) is 0 Å². The molecule has 142 valence electrons. The van der Waals surface area contributed by atoms with Crippen LogP contribution in [0.2, 0.25) is 0 Å². The van der Waals surface area contributed by atoms with Crippen LogP contribution in [0.5, 0.6) is 0 Å². The minimum absolute atomic E-state index is 0.299. The molecule has 0 aliphatic heterocycles. The lowest BCUT2D eigenvalue weighted by Crippen LogP contribution is -2.15. The van der Waals surface area contributed by atoms with E-state index in [-0.39, 0.29) is 5.91 Å². The van der Waals surface area contributed by atoms with Gasteiger partial charge in [-0.25, -0.2) is 9.37 Å². The van der Waals surface area contributed by atoms with Crippen LogP contribution in [0.15, 0.2) is 42.9 Å². The largest absolute Gasteiger partial charge is 0.376 e. The van der Waals surface area contributed by atoms with Gasteiger partial charge in [0.1, 0.15) is 11.8 Å². The highest BCUT2D eigenvalue weighted by Crippen LogP contribution is 2.35. The van der Waals surface area contributed by atoms with Crippen LogP contribution >= 0.6 is 0 Å². The highest BCUT2D eigenvalue weighted by Gasteiger charge is 2.43. The molecular weight excluding hydrogens is 359 g/mol. The standard InChI is InChI=1S/C20H19FN6O/c1-26(2)16-5-4-12(14-8-22-25-19(14)16)11-3-6-18-23-17(10-27(18)9-11)24-20(28)13-7-15(13)21/h3-6,8-10,13,15H,7H2,1-2H3,(H,22,25)(H,24,28)/t13-,15+/m1/s1. The SMILES string of the molecule is CN(C)c1ccc(-c2ccc3nc(NC(=O)[C@@H]4C[C@@H]4F)cn3c2)c2cn[nH]c12. The van der Waals surface area contributed by atoms with Crippen LogP contribution < -0.4 is 10.2 Å². The second-order valence-corrected chi connectivity index (χ2v) is 7.34. The van der Waals surface area contributed by atoms with Crippen molar-refractivity contribution in [1.29, 1.82) is 0 Å². The van der Waals surface area contributed by atoms with Crippen LogP contribution in [-0.4, -0.2) is 45.8 Å². The quantitative estimate of drug-likeness (QED) is 0.571. The lowest BCUT2D eigenvalue weighted by molar-refractivity contribution is -0.117. The monoisotopic (exact) mass is 378 g/mol. The van der Waals surface area contributed by atoms with Crippen molar-refractivity contribution >= 4 is 34.0 Å². The number of nitrogens with zero attached hydrogens (tertiary/aromatic N) is 4. The summed E-state index contributed by atoms with van der Waals surface area (Å²) in [6.45, 7) is 0. The van der Waals surface area contributed by atoms with E-state index < -0.39 is 12.1 Å². The van der Waals surface area contributed by atoms with E-state index in [1.54, 1.807) is 6.20 Å². The summed E-state index contributed by atoms with van der Waals surface area (Å²) in [4.78, 5) is 18.4. The molecule has 28 heavy (non-hydrogen) atoms. The molecule has 1 aromatic carbocycles. The van der Waals surface area contributed by atoms with Crippen molar-refractivity contribution in [1.82, 2.24) is 19.6 Å². The summed E-state index contributed by atoms with van der Waals surface area (Å²) >= 11 is 0. The van der Waals surface area contributed by atoms with E-state index in [0.29, 0.717) is 17.9 Å². The number of anilines is 2. The first kappa shape index (κ1) is 16.7. The number of amides is 1. The average molecular weight is 378 g/mol. The van der Waals surface area contributed by atoms with Gasteiger partial charge in [0.25, 0.3) is 0 Å². The number of rotatable bonds is 4. The number of hydrogen-bond acceptors (Lipinski definition) is 4. The van der Waals surface area contributed by atoms with Gasteiger partial charge in [-0.05, 0) is 35.7 Å². The van der Waals surface area contributed by atoms with Crippen molar-refractivity contribution in [2.75, 3.05) is 24.3 Å². The molecule has 3 aromatic heterocycles. The lowest BCUT2D eigenvalue weighted by Gasteiger charge is -2.15. The van der Waals surface area contributed by atoms with Gasteiger partial charge < -0.3 is 14.6 Å². The number of hydrogen-bond donors (Lipinski definition) is 2. The molecule has 1 fully saturated rings. The number of carbonyl (C=O) groups is 1. The zero-order valence-electron chi connectivity index (χ0n) is 15.5. The van der Waals surface area contributed by atoms with Crippen molar-refractivity contribution in [2.24, 2.45) is 5.92 Å². The van der Waals surface area contributed by atoms with Gasteiger partial charge in [0.15, 0.2) is 5.82 Å². The third-order valence-corrected chi connectivity index (χ3v) is 5.14. The summed E-state index contributed by atoms with van der Waals surface area (Å²) in [5.74, 6) is -0.418. The summed E-state index contributed by atoms with van der Waals surface area (Å²) in [7, 11) is 3.99. The second kappa shape index (κ2) is 6.05. The summed E-state index contributed by atoms with van der Waals surface area (Å²) < 4.78 is 14.9. The molecule has 7 nitrogen and oxygen atoms in total. The predicted molar refractivity (Wildman–Crippen MR) is 106 cm³/mol. The van der Waals surface area contributed by atoms with Gasteiger partial charge in [-0.15, -0.1) is 0 Å². The van der Waals surface area contributed by atoms with Gasteiger partial charge in [0.2, 0.25) is 5.91 Å². The Hall–Kier alpha value is -3.42. The summed E-state index contributed by atoms with van der Waals surface area (Å²) in [5, 5.41) is 11.0. The number of fused-ring (bicyclic) bond motifs is 2. The van der Waals surface area contributed by atoms with Gasteiger partial charge in [0.05, 0.1) is 29.5 Å². The Kier molecular flexibility index (Phi) is 3.61. The molecule has 0 spiro atoms. The van der Waals surface area contributed by atoms with Crippen molar-refractivity contribution in [2.45, 2.75) is 12.6 Å². The fraction of sp³-hybridized carbons (Fsp3) is 0.250. The first-order valence-electron chi connectivity index (χ1n) is 9.09. The Bertz CT molecular complexity index is 1210. The van der Waals surface area contributed by atoms with Gasteiger partial charge in [-0.1, -0.05) is 6.07 Å². The topological polar surface area (TPSA) is 78.3 Å². The van der Waals surface area contributed by atoms with Crippen molar-refractivity contribution in [3.05, 3.63) is 42.9 Å². The smallest absolute Gasteiger partial charge is 0.231 e. The number of benzene rings is 1. The molecule has 3 heterocycles. The normalized spacial score (nSPS) is 18.5. The number of nitrogens with one attached hydrogen (secondary N) is 2. The molecule has 8 heteroatoms. The fourth-order valence-corrected chi connectivity index (χ4v) is 3.51. The molecule has 1 aliphatic carbocycles. The zero-order valence-corrected chi connectivity index (χ0v) is 15.5. The molecule has 4 aromatic rings. The first-order chi connectivity index (χ1) is 13.5. The molecule has 0 radical (unpaired) electrons. The number of H-pyrrole nitrogens is 1.